The van der Waals surface area contributed by atoms with E-state index in [-0.39, 0.29) is 17.2 Å². The fraction of sp³-hybridized carbons (Fsp3) is 0.500. The molecule has 1 saturated heterocycles. The second kappa shape index (κ2) is 5.40. The van der Waals surface area contributed by atoms with Crippen LogP contribution in [0.2, 0.25) is 0 Å². The summed E-state index contributed by atoms with van der Waals surface area (Å²) in [6, 6.07) is 7.11. The number of amides is 1. The van der Waals surface area contributed by atoms with Crippen molar-refractivity contribution >= 4 is 5.91 Å². The zero-order valence-corrected chi connectivity index (χ0v) is 10.6. The van der Waals surface area contributed by atoms with E-state index in [4.69, 9.17) is 4.74 Å². The molecular weight excluding hydrogens is 230 g/mol. The number of benzene rings is 1. The Morgan fingerprint density at radius 2 is 2.28 bits per heavy atom. The van der Waals surface area contributed by atoms with E-state index in [0.717, 1.165) is 12.0 Å². The number of aryl methyl sites for hydroxylation is 1. The molecule has 0 spiro atoms. The van der Waals surface area contributed by atoms with Crippen molar-refractivity contribution in [3.05, 3.63) is 29.8 Å². The van der Waals surface area contributed by atoms with Crippen LogP contribution in [0.1, 0.15) is 25.3 Å². The Morgan fingerprint density at radius 1 is 1.50 bits per heavy atom. The van der Waals surface area contributed by atoms with Crippen LogP contribution >= 0.6 is 0 Å². The van der Waals surface area contributed by atoms with Crippen molar-refractivity contribution < 1.29 is 14.6 Å². The Morgan fingerprint density at radius 3 is 2.94 bits per heavy atom. The highest BCUT2D eigenvalue weighted by atomic mass is 16.5. The predicted molar refractivity (Wildman–Crippen MR) is 68.4 cm³/mol. The highest BCUT2D eigenvalue weighted by Gasteiger charge is 2.30. The fourth-order valence-corrected chi connectivity index (χ4v) is 2.14. The Kier molecular flexibility index (Phi) is 3.87. The van der Waals surface area contributed by atoms with Gasteiger partial charge in [-0.1, -0.05) is 18.2 Å². The lowest BCUT2D eigenvalue weighted by atomic mass is 10.0. The largest absolute Gasteiger partial charge is 0.508 e. The van der Waals surface area contributed by atoms with E-state index < -0.39 is 0 Å². The molecule has 0 aliphatic carbocycles. The number of hydrogen-bond donors (Lipinski definition) is 2. The average Bonchev–Trinajstić information content (AvgIpc) is 2.74. The highest BCUT2D eigenvalue weighted by molar-refractivity contribution is 5.77. The van der Waals surface area contributed by atoms with Crippen LogP contribution in [0.4, 0.5) is 0 Å². The maximum absolute atomic E-state index is 11.8. The summed E-state index contributed by atoms with van der Waals surface area (Å²) in [5.74, 6) is 0.256. The lowest BCUT2D eigenvalue weighted by Gasteiger charge is -2.23. The molecule has 1 aromatic rings. The van der Waals surface area contributed by atoms with E-state index in [2.05, 4.69) is 5.32 Å². The number of hydrogen-bond acceptors (Lipinski definition) is 3. The molecular formula is C14H19NO3. The quantitative estimate of drug-likeness (QED) is 0.852. The molecule has 0 bridgehead atoms. The van der Waals surface area contributed by atoms with Crippen LogP contribution < -0.4 is 5.32 Å². The topological polar surface area (TPSA) is 58.6 Å². The van der Waals surface area contributed by atoms with Crippen molar-refractivity contribution in [1.29, 1.82) is 0 Å². The summed E-state index contributed by atoms with van der Waals surface area (Å²) < 4.78 is 5.29. The van der Waals surface area contributed by atoms with Crippen molar-refractivity contribution in [2.75, 3.05) is 13.2 Å². The lowest BCUT2D eigenvalue weighted by molar-refractivity contribution is -0.122. The first kappa shape index (κ1) is 12.9. The van der Waals surface area contributed by atoms with Gasteiger partial charge in [0, 0.05) is 13.0 Å². The molecule has 4 nitrogen and oxygen atoms in total. The summed E-state index contributed by atoms with van der Waals surface area (Å²) in [7, 11) is 0. The third-order valence-electron chi connectivity index (χ3n) is 3.27. The monoisotopic (exact) mass is 249 g/mol. The highest BCUT2D eigenvalue weighted by Crippen LogP contribution is 2.19. The Hall–Kier alpha value is -1.55. The molecule has 0 aromatic heterocycles. The van der Waals surface area contributed by atoms with Gasteiger partial charge in [-0.05, 0) is 31.4 Å². The number of carbonyl (C=O) groups is 1. The number of para-hydroxylation sites is 1. The molecule has 1 heterocycles. The average molecular weight is 249 g/mol. The van der Waals surface area contributed by atoms with Gasteiger partial charge in [0.2, 0.25) is 5.91 Å². The van der Waals surface area contributed by atoms with Gasteiger partial charge >= 0.3 is 0 Å². The molecule has 18 heavy (non-hydrogen) atoms. The normalized spacial score (nSPS) is 22.9. The summed E-state index contributed by atoms with van der Waals surface area (Å²) >= 11 is 0. The molecule has 2 rings (SSSR count). The van der Waals surface area contributed by atoms with Crippen LogP contribution in [-0.4, -0.2) is 29.8 Å². The van der Waals surface area contributed by atoms with Gasteiger partial charge < -0.3 is 15.2 Å². The molecule has 0 saturated carbocycles. The summed E-state index contributed by atoms with van der Waals surface area (Å²) in [5.41, 5.74) is 0.580. The maximum atomic E-state index is 11.8. The van der Waals surface area contributed by atoms with Crippen molar-refractivity contribution in [3.8, 4) is 5.75 Å². The summed E-state index contributed by atoms with van der Waals surface area (Å²) in [6.07, 6.45) is 1.79. The third-order valence-corrected chi connectivity index (χ3v) is 3.27. The summed E-state index contributed by atoms with van der Waals surface area (Å²) in [4.78, 5) is 11.8. The van der Waals surface area contributed by atoms with E-state index in [1.54, 1.807) is 12.1 Å². The Bertz CT molecular complexity index is 425. The van der Waals surface area contributed by atoms with Crippen molar-refractivity contribution in [1.82, 2.24) is 5.32 Å². The summed E-state index contributed by atoms with van der Waals surface area (Å²) in [6.45, 7) is 3.28. The number of phenols is 1. The van der Waals surface area contributed by atoms with E-state index in [1.807, 2.05) is 19.1 Å². The lowest BCUT2D eigenvalue weighted by Crippen LogP contribution is -2.46. The first-order valence-electron chi connectivity index (χ1n) is 6.25. The van der Waals surface area contributed by atoms with Crippen LogP contribution in [0.25, 0.3) is 0 Å². The predicted octanol–water partition coefficient (Wildman–Crippen LogP) is 1.62. The van der Waals surface area contributed by atoms with E-state index in [9.17, 15) is 9.90 Å². The number of aromatic hydroxyl groups is 1. The van der Waals surface area contributed by atoms with Gasteiger partial charge in [-0.3, -0.25) is 4.79 Å². The van der Waals surface area contributed by atoms with Gasteiger partial charge in [-0.25, -0.2) is 0 Å². The standard InChI is InChI=1S/C14H19NO3/c1-14(8-9-18-10-14)15-13(17)7-6-11-4-2-3-5-12(11)16/h2-5,16H,6-10H2,1H3,(H,15,17). The zero-order chi connectivity index (χ0) is 13.0. The van der Waals surface area contributed by atoms with Gasteiger partial charge in [0.1, 0.15) is 5.75 Å². The summed E-state index contributed by atoms with van der Waals surface area (Å²) in [5, 5.41) is 12.6. The van der Waals surface area contributed by atoms with Crippen molar-refractivity contribution in [3.63, 3.8) is 0 Å². The number of carbonyl (C=O) groups excluding carboxylic acids is 1. The third kappa shape index (κ3) is 3.23. The Labute approximate surface area is 107 Å². The molecule has 0 radical (unpaired) electrons. The molecule has 1 fully saturated rings. The van der Waals surface area contributed by atoms with Crippen LogP contribution in [0.5, 0.6) is 5.75 Å². The first-order valence-corrected chi connectivity index (χ1v) is 6.25. The minimum atomic E-state index is -0.226. The van der Waals surface area contributed by atoms with Crippen molar-refractivity contribution in [2.24, 2.45) is 0 Å². The molecule has 1 amide bonds. The molecule has 1 aliphatic heterocycles. The minimum Gasteiger partial charge on any atom is -0.508 e. The van der Waals surface area contributed by atoms with E-state index in [0.29, 0.717) is 26.1 Å². The van der Waals surface area contributed by atoms with Crippen LogP contribution in [0, 0.1) is 0 Å². The number of rotatable bonds is 4. The van der Waals surface area contributed by atoms with Gasteiger partial charge in [0.05, 0.1) is 12.1 Å². The van der Waals surface area contributed by atoms with Gasteiger partial charge in [0.15, 0.2) is 0 Å². The second-order valence-corrected chi connectivity index (χ2v) is 5.04. The molecule has 4 heteroatoms. The van der Waals surface area contributed by atoms with Gasteiger partial charge in [0.25, 0.3) is 0 Å². The molecule has 1 aliphatic rings. The maximum Gasteiger partial charge on any atom is 0.220 e. The molecule has 1 aromatic carbocycles. The van der Waals surface area contributed by atoms with Crippen LogP contribution in [0.15, 0.2) is 24.3 Å². The van der Waals surface area contributed by atoms with E-state index >= 15 is 0 Å². The fourth-order valence-electron chi connectivity index (χ4n) is 2.14. The second-order valence-electron chi connectivity index (χ2n) is 5.04. The van der Waals surface area contributed by atoms with Gasteiger partial charge in [-0.15, -0.1) is 0 Å². The number of phenolic OH excluding ortho intramolecular Hbond substituents is 1. The van der Waals surface area contributed by atoms with Crippen LogP contribution in [0.3, 0.4) is 0 Å². The first-order chi connectivity index (χ1) is 8.59. The van der Waals surface area contributed by atoms with E-state index in [1.165, 1.54) is 0 Å². The van der Waals surface area contributed by atoms with Crippen molar-refractivity contribution in [2.45, 2.75) is 31.7 Å². The molecule has 2 N–H and O–H groups in total. The van der Waals surface area contributed by atoms with Crippen LogP contribution in [-0.2, 0) is 16.0 Å². The molecule has 1 unspecified atom stereocenters. The number of nitrogens with one attached hydrogen (secondary N) is 1. The zero-order valence-electron chi connectivity index (χ0n) is 10.6. The smallest absolute Gasteiger partial charge is 0.220 e. The molecule has 1 atom stereocenters. The number of ether oxygens (including phenoxy) is 1. The van der Waals surface area contributed by atoms with Gasteiger partial charge in [-0.2, -0.15) is 0 Å². The SMILES string of the molecule is CC1(NC(=O)CCc2ccccc2O)CCOC1. The Balaban J connectivity index is 1.83. The molecule has 98 valence electrons. The minimum absolute atomic E-state index is 0.00579.